The average Bonchev–Trinajstić information content (AvgIpc) is 2.54. The van der Waals surface area contributed by atoms with Crippen molar-refractivity contribution in [3.05, 3.63) is 58.3 Å². The Hall–Kier alpha value is -2.08. The van der Waals surface area contributed by atoms with E-state index in [-0.39, 0.29) is 24.4 Å². The van der Waals surface area contributed by atoms with Crippen LogP contribution in [0.2, 0.25) is 0 Å². The Balaban J connectivity index is 1.89. The first-order valence-electron chi connectivity index (χ1n) is 7.00. The summed E-state index contributed by atoms with van der Waals surface area (Å²) in [6, 6.07) is 11.0. The smallest absolute Gasteiger partial charge is 0.258 e. The minimum atomic E-state index is -0.347. The lowest BCUT2D eigenvalue weighted by molar-refractivity contribution is -0.123. The van der Waals surface area contributed by atoms with Crippen LogP contribution >= 0.6 is 15.9 Å². The molecular weight excluding hydrogens is 365 g/mol. The summed E-state index contributed by atoms with van der Waals surface area (Å²) in [4.78, 5) is 11.9. The third kappa shape index (κ3) is 4.96. The van der Waals surface area contributed by atoms with Gasteiger partial charge >= 0.3 is 0 Å². The van der Waals surface area contributed by atoms with Gasteiger partial charge in [0.2, 0.25) is 0 Å². The standard InChI is InChI=1S/C17H17BrFNO3/c1-11(12-3-8-16(22-2)15(18)9-12)20-17(21)10-23-14-6-4-13(19)5-7-14/h3-9,11H,10H2,1-2H3,(H,20,21). The van der Waals surface area contributed by atoms with Crippen LogP contribution in [-0.4, -0.2) is 19.6 Å². The number of hydrogen-bond donors (Lipinski definition) is 1. The van der Waals surface area contributed by atoms with E-state index in [4.69, 9.17) is 9.47 Å². The molecule has 122 valence electrons. The fourth-order valence-electron chi connectivity index (χ4n) is 2.00. The fourth-order valence-corrected chi connectivity index (χ4v) is 2.56. The Kier molecular flexibility index (Phi) is 5.98. The molecule has 0 saturated carbocycles. The number of benzene rings is 2. The van der Waals surface area contributed by atoms with Gasteiger partial charge in [0.1, 0.15) is 17.3 Å². The maximum Gasteiger partial charge on any atom is 0.258 e. The number of ether oxygens (including phenoxy) is 2. The molecule has 2 rings (SSSR count). The highest BCUT2D eigenvalue weighted by Gasteiger charge is 2.12. The summed E-state index contributed by atoms with van der Waals surface area (Å²) >= 11 is 3.42. The first kappa shape index (κ1) is 17.3. The summed E-state index contributed by atoms with van der Waals surface area (Å²) in [7, 11) is 1.59. The largest absolute Gasteiger partial charge is 0.496 e. The van der Waals surface area contributed by atoms with Crippen molar-refractivity contribution in [2.45, 2.75) is 13.0 Å². The van der Waals surface area contributed by atoms with E-state index in [0.717, 1.165) is 15.8 Å². The fraction of sp³-hybridized carbons (Fsp3) is 0.235. The molecule has 0 fully saturated rings. The second-order valence-corrected chi connectivity index (χ2v) is 5.78. The molecule has 2 aromatic rings. The lowest BCUT2D eigenvalue weighted by Gasteiger charge is -2.16. The predicted molar refractivity (Wildman–Crippen MR) is 89.1 cm³/mol. The Bertz CT molecular complexity index is 676. The van der Waals surface area contributed by atoms with E-state index < -0.39 is 0 Å². The molecule has 1 N–H and O–H groups in total. The van der Waals surface area contributed by atoms with Crippen LogP contribution in [-0.2, 0) is 4.79 Å². The van der Waals surface area contributed by atoms with Crippen LogP contribution in [0.3, 0.4) is 0 Å². The van der Waals surface area contributed by atoms with E-state index in [1.54, 1.807) is 7.11 Å². The van der Waals surface area contributed by atoms with Gasteiger partial charge in [0.25, 0.3) is 5.91 Å². The first-order valence-corrected chi connectivity index (χ1v) is 7.80. The van der Waals surface area contributed by atoms with Crippen molar-refractivity contribution in [2.75, 3.05) is 13.7 Å². The van der Waals surface area contributed by atoms with Crippen LogP contribution in [0.15, 0.2) is 46.9 Å². The Morgan fingerprint density at radius 1 is 1.26 bits per heavy atom. The maximum atomic E-state index is 12.8. The van der Waals surface area contributed by atoms with Crippen LogP contribution in [0, 0.1) is 5.82 Å². The Labute approximate surface area is 142 Å². The number of carbonyl (C=O) groups is 1. The van der Waals surface area contributed by atoms with E-state index >= 15 is 0 Å². The van der Waals surface area contributed by atoms with E-state index in [9.17, 15) is 9.18 Å². The van der Waals surface area contributed by atoms with Crippen LogP contribution in [0.5, 0.6) is 11.5 Å². The van der Waals surface area contributed by atoms with Gasteiger partial charge in [0.05, 0.1) is 17.6 Å². The molecule has 0 bridgehead atoms. The van der Waals surface area contributed by atoms with Crippen LogP contribution < -0.4 is 14.8 Å². The molecule has 0 saturated heterocycles. The number of carbonyl (C=O) groups excluding carboxylic acids is 1. The summed E-state index contributed by atoms with van der Waals surface area (Å²) < 4.78 is 24.1. The Morgan fingerprint density at radius 2 is 1.96 bits per heavy atom. The number of hydrogen-bond acceptors (Lipinski definition) is 3. The zero-order valence-corrected chi connectivity index (χ0v) is 14.4. The van der Waals surface area contributed by atoms with Gasteiger partial charge in [-0.15, -0.1) is 0 Å². The summed E-state index contributed by atoms with van der Waals surface area (Å²) in [5.41, 5.74) is 0.938. The van der Waals surface area contributed by atoms with Gasteiger partial charge in [-0.05, 0) is 64.8 Å². The Morgan fingerprint density at radius 3 is 2.57 bits per heavy atom. The van der Waals surface area contributed by atoms with Crippen molar-refractivity contribution in [1.29, 1.82) is 0 Å². The first-order chi connectivity index (χ1) is 11.0. The van der Waals surface area contributed by atoms with Gasteiger partial charge in [-0.25, -0.2) is 4.39 Å². The second-order valence-electron chi connectivity index (χ2n) is 4.93. The summed E-state index contributed by atoms with van der Waals surface area (Å²) in [6.07, 6.45) is 0. The van der Waals surface area contributed by atoms with Gasteiger partial charge in [0, 0.05) is 0 Å². The van der Waals surface area contributed by atoms with Gasteiger partial charge in [-0.2, -0.15) is 0 Å². The molecule has 0 aliphatic carbocycles. The van der Waals surface area contributed by atoms with Gasteiger partial charge in [-0.3, -0.25) is 4.79 Å². The number of rotatable bonds is 6. The monoisotopic (exact) mass is 381 g/mol. The van der Waals surface area contributed by atoms with E-state index in [0.29, 0.717) is 5.75 Å². The molecule has 4 nitrogen and oxygen atoms in total. The maximum absolute atomic E-state index is 12.8. The molecule has 0 aliphatic rings. The number of halogens is 2. The highest BCUT2D eigenvalue weighted by molar-refractivity contribution is 9.10. The van der Waals surface area contributed by atoms with E-state index in [1.807, 2.05) is 25.1 Å². The third-order valence-electron chi connectivity index (χ3n) is 3.24. The van der Waals surface area contributed by atoms with Crippen molar-refractivity contribution in [1.82, 2.24) is 5.32 Å². The lowest BCUT2D eigenvalue weighted by atomic mass is 10.1. The van der Waals surface area contributed by atoms with Crippen molar-refractivity contribution < 1.29 is 18.7 Å². The number of nitrogens with one attached hydrogen (secondary N) is 1. The van der Waals surface area contributed by atoms with Crippen LogP contribution in [0.1, 0.15) is 18.5 Å². The van der Waals surface area contributed by atoms with Gasteiger partial charge in [-0.1, -0.05) is 6.07 Å². The predicted octanol–water partition coefficient (Wildman–Crippen LogP) is 3.85. The van der Waals surface area contributed by atoms with Crippen molar-refractivity contribution >= 4 is 21.8 Å². The second kappa shape index (κ2) is 7.97. The van der Waals surface area contributed by atoms with E-state index in [2.05, 4.69) is 21.2 Å². The summed E-state index contributed by atoms with van der Waals surface area (Å²) in [5, 5.41) is 2.84. The van der Waals surface area contributed by atoms with E-state index in [1.165, 1.54) is 24.3 Å². The molecule has 0 spiro atoms. The zero-order chi connectivity index (χ0) is 16.8. The van der Waals surface area contributed by atoms with Crippen LogP contribution in [0.25, 0.3) is 0 Å². The lowest BCUT2D eigenvalue weighted by Crippen LogP contribution is -2.31. The highest BCUT2D eigenvalue weighted by atomic mass is 79.9. The molecule has 0 radical (unpaired) electrons. The average molecular weight is 382 g/mol. The summed E-state index contributed by atoms with van der Waals surface area (Å²) in [6.45, 7) is 1.75. The number of amides is 1. The van der Waals surface area contributed by atoms with Crippen molar-refractivity contribution in [3.8, 4) is 11.5 Å². The molecule has 6 heteroatoms. The van der Waals surface area contributed by atoms with Crippen LogP contribution in [0.4, 0.5) is 4.39 Å². The van der Waals surface area contributed by atoms with Crippen molar-refractivity contribution in [3.63, 3.8) is 0 Å². The minimum absolute atomic E-state index is 0.132. The molecule has 1 amide bonds. The molecule has 23 heavy (non-hydrogen) atoms. The number of methoxy groups -OCH3 is 1. The summed E-state index contributed by atoms with van der Waals surface area (Å²) in [5.74, 6) is 0.572. The van der Waals surface area contributed by atoms with Gasteiger partial charge in [0.15, 0.2) is 6.61 Å². The highest BCUT2D eigenvalue weighted by Crippen LogP contribution is 2.27. The third-order valence-corrected chi connectivity index (χ3v) is 3.86. The molecule has 0 aromatic heterocycles. The molecule has 1 atom stereocenters. The molecule has 0 aliphatic heterocycles. The molecule has 0 heterocycles. The zero-order valence-electron chi connectivity index (χ0n) is 12.8. The van der Waals surface area contributed by atoms with Crippen molar-refractivity contribution in [2.24, 2.45) is 0 Å². The van der Waals surface area contributed by atoms with Gasteiger partial charge < -0.3 is 14.8 Å². The molecule has 2 aromatic carbocycles. The minimum Gasteiger partial charge on any atom is -0.496 e. The SMILES string of the molecule is COc1ccc(C(C)NC(=O)COc2ccc(F)cc2)cc1Br. The quantitative estimate of drug-likeness (QED) is 0.826. The molecule has 1 unspecified atom stereocenters. The molecular formula is C17H17BrFNO3. The normalized spacial score (nSPS) is 11.7. The topological polar surface area (TPSA) is 47.6 Å².